The Morgan fingerprint density at radius 2 is 1.70 bits per heavy atom. The number of anilines is 3. The molecule has 23 heavy (non-hydrogen) atoms. The lowest BCUT2D eigenvalue weighted by molar-refractivity contribution is -0.124. The van der Waals surface area contributed by atoms with Gasteiger partial charge in [-0.05, 0) is 30.0 Å². The Morgan fingerprint density at radius 3 is 2.17 bits per heavy atom. The molecule has 0 fully saturated rings. The zero-order valence-corrected chi connectivity index (χ0v) is 15.0. The predicted octanol–water partition coefficient (Wildman–Crippen LogP) is 4.02. The van der Waals surface area contributed by atoms with Crippen LogP contribution in [0.15, 0.2) is 18.2 Å². The number of hydrogen-bond acceptors (Lipinski definition) is 3. The predicted molar refractivity (Wildman–Crippen MR) is 96.3 cm³/mol. The van der Waals surface area contributed by atoms with Crippen molar-refractivity contribution in [3.63, 3.8) is 0 Å². The van der Waals surface area contributed by atoms with Crippen LogP contribution in [0.5, 0.6) is 0 Å². The van der Waals surface area contributed by atoms with Crippen LogP contribution in [0.2, 0.25) is 0 Å². The van der Waals surface area contributed by atoms with E-state index >= 15 is 0 Å². The third-order valence-corrected chi connectivity index (χ3v) is 3.77. The lowest BCUT2D eigenvalue weighted by Gasteiger charge is -2.22. The average Bonchev–Trinajstić information content (AvgIpc) is 2.39. The van der Waals surface area contributed by atoms with Crippen molar-refractivity contribution in [2.75, 3.05) is 16.4 Å². The smallest absolute Gasteiger partial charge is 0.230 e. The minimum Gasteiger partial charge on any atom is -0.397 e. The summed E-state index contributed by atoms with van der Waals surface area (Å²) in [6.07, 6.45) is 1.16. The Morgan fingerprint density at radius 1 is 1.09 bits per heavy atom. The van der Waals surface area contributed by atoms with Gasteiger partial charge in [0.25, 0.3) is 0 Å². The van der Waals surface area contributed by atoms with Crippen LogP contribution in [0.25, 0.3) is 0 Å². The second-order valence-electron chi connectivity index (χ2n) is 7.78. The van der Waals surface area contributed by atoms with Crippen LogP contribution in [-0.2, 0) is 9.59 Å². The van der Waals surface area contributed by atoms with Crippen molar-refractivity contribution >= 4 is 28.9 Å². The van der Waals surface area contributed by atoms with Crippen molar-refractivity contribution in [1.82, 2.24) is 0 Å². The van der Waals surface area contributed by atoms with Gasteiger partial charge in [0.2, 0.25) is 11.8 Å². The van der Waals surface area contributed by atoms with Crippen LogP contribution < -0.4 is 16.4 Å². The van der Waals surface area contributed by atoms with E-state index in [4.69, 9.17) is 5.73 Å². The zero-order valence-electron chi connectivity index (χ0n) is 15.0. The molecule has 0 aliphatic rings. The molecule has 0 heterocycles. The molecule has 0 aliphatic heterocycles. The lowest BCUT2D eigenvalue weighted by atomic mass is 9.89. The van der Waals surface area contributed by atoms with Gasteiger partial charge in [0.15, 0.2) is 0 Å². The molecule has 4 N–H and O–H groups in total. The van der Waals surface area contributed by atoms with Gasteiger partial charge in [-0.15, -0.1) is 0 Å². The number of amides is 2. The summed E-state index contributed by atoms with van der Waals surface area (Å²) in [5.74, 6) is -0.128. The van der Waals surface area contributed by atoms with Gasteiger partial charge in [-0.25, -0.2) is 0 Å². The van der Waals surface area contributed by atoms with E-state index in [1.165, 1.54) is 0 Å². The number of rotatable bonds is 5. The molecule has 0 bridgehead atoms. The minimum atomic E-state index is -0.452. The van der Waals surface area contributed by atoms with Crippen LogP contribution in [0.3, 0.4) is 0 Å². The number of hydrogen-bond donors (Lipinski definition) is 3. The highest BCUT2D eigenvalue weighted by Gasteiger charge is 2.25. The molecule has 5 nitrogen and oxygen atoms in total. The largest absolute Gasteiger partial charge is 0.397 e. The first-order valence-corrected chi connectivity index (χ1v) is 7.95. The molecule has 0 saturated heterocycles. The molecule has 1 aromatic carbocycles. The molecule has 1 aromatic rings. The standard InChI is InChI=1S/C18H29N3O2/c1-7-18(5,6)16(23)21-14-9-8-12(10-13(14)19)20-15(22)11-17(2,3)4/h8-10H,7,11,19H2,1-6H3,(H,20,22)(H,21,23). The SMILES string of the molecule is CCC(C)(C)C(=O)Nc1ccc(NC(=O)CC(C)(C)C)cc1N. The van der Waals surface area contributed by atoms with Gasteiger partial charge < -0.3 is 16.4 Å². The van der Waals surface area contributed by atoms with E-state index in [2.05, 4.69) is 10.6 Å². The van der Waals surface area contributed by atoms with Crippen molar-refractivity contribution in [2.45, 2.75) is 54.4 Å². The Bertz CT molecular complexity index is 586. The Kier molecular flexibility index (Phi) is 5.81. The highest BCUT2D eigenvalue weighted by Crippen LogP contribution is 2.27. The molecular weight excluding hydrogens is 290 g/mol. The number of carbonyl (C=O) groups is 2. The van der Waals surface area contributed by atoms with E-state index in [0.29, 0.717) is 23.5 Å². The molecule has 128 valence electrons. The molecule has 5 heteroatoms. The number of benzene rings is 1. The summed E-state index contributed by atoms with van der Waals surface area (Å²) in [6.45, 7) is 11.8. The molecule has 0 aliphatic carbocycles. The van der Waals surface area contributed by atoms with Crippen molar-refractivity contribution < 1.29 is 9.59 Å². The van der Waals surface area contributed by atoms with Gasteiger partial charge in [-0.2, -0.15) is 0 Å². The van der Waals surface area contributed by atoms with Crippen LogP contribution in [0.1, 0.15) is 54.4 Å². The summed E-state index contributed by atoms with van der Waals surface area (Å²) in [5, 5.41) is 5.67. The Labute approximate surface area is 139 Å². The van der Waals surface area contributed by atoms with Crippen LogP contribution in [-0.4, -0.2) is 11.8 Å². The highest BCUT2D eigenvalue weighted by atomic mass is 16.2. The summed E-state index contributed by atoms with van der Waals surface area (Å²) in [6, 6.07) is 5.12. The molecule has 0 radical (unpaired) electrons. The quantitative estimate of drug-likeness (QED) is 0.717. The Balaban J connectivity index is 2.79. The topological polar surface area (TPSA) is 84.2 Å². The van der Waals surface area contributed by atoms with Crippen molar-refractivity contribution in [3.05, 3.63) is 18.2 Å². The Hall–Kier alpha value is -2.04. The number of nitrogens with one attached hydrogen (secondary N) is 2. The van der Waals surface area contributed by atoms with E-state index < -0.39 is 5.41 Å². The maximum absolute atomic E-state index is 12.2. The van der Waals surface area contributed by atoms with Gasteiger partial charge in [-0.1, -0.05) is 41.5 Å². The van der Waals surface area contributed by atoms with Gasteiger partial charge in [-0.3, -0.25) is 9.59 Å². The molecular formula is C18H29N3O2. The fourth-order valence-corrected chi connectivity index (χ4v) is 1.89. The van der Waals surface area contributed by atoms with Gasteiger partial charge >= 0.3 is 0 Å². The van der Waals surface area contributed by atoms with Gasteiger partial charge in [0.1, 0.15) is 0 Å². The minimum absolute atomic E-state index is 0.0548. The average molecular weight is 319 g/mol. The molecule has 0 saturated carbocycles. The number of carbonyl (C=O) groups excluding carboxylic acids is 2. The summed E-state index contributed by atoms with van der Waals surface area (Å²) in [4.78, 5) is 24.2. The molecule has 0 atom stereocenters. The first-order chi connectivity index (χ1) is 10.4. The van der Waals surface area contributed by atoms with E-state index in [1.54, 1.807) is 18.2 Å². The molecule has 0 unspecified atom stereocenters. The van der Waals surface area contributed by atoms with Crippen LogP contribution in [0, 0.1) is 10.8 Å². The fraction of sp³-hybridized carbons (Fsp3) is 0.556. The van der Waals surface area contributed by atoms with E-state index in [-0.39, 0.29) is 17.2 Å². The normalized spacial score (nSPS) is 11.9. The van der Waals surface area contributed by atoms with Crippen LogP contribution in [0.4, 0.5) is 17.1 Å². The highest BCUT2D eigenvalue weighted by molar-refractivity contribution is 5.98. The van der Waals surface area contributed by atoms with E-state index in [0.717, 1.165) is 6.42 Å². The molecule has 0 spiro atoms. The van der Waals surface area contributed by atoms with Crippen LogP contribution >= 0.6 is 0 Å². The fourth-order valence-electron chi connectivity index (χ4n) is 1.89. The van der Waals surface area contributed by atoms with E-state index in [1.807, 2.05) is 41.5 Å². The van der Waals surface area contributed by atoms with Crippen molar-refractivity contribution in [1.29, 1.82) is 0 Å². The van der Waals surface area contributed by atoms with E-state index in [9.17, 15) is 9.59 Å². The first kappa shape index (κ1) is 19.0. The van der Waals surface area contributed by atoms with Crippen molar-refractivity contribution in [3.8, 4) is 0 Å². The molecule has 0 aromatic heterocycles. The number of nitrogen functional groups attached to an aromatic ring is 1. The molecule has 2 amide bonds. The summed E-state index contributed by atoms with van der Waals surface area (Å²) in [7, 11) is 0. The maximum Gasteiger partial charge on any atom is 0.230 e. The first-order valence-electron chi connectivity index (χ1n) is 7.95. The van der Waals surface area contributed by atoms with Gasteiger partial charge in [0, 0.05) is 17.5 Å². The second kappa shape index (κ2) is 7.02. The summed E-state index contributed by atoms with van der Waals surface area (Å²) in [5.41, 5.74) is 7.08. The molecule has 1 rings (SSSR count). The number of nitrogens with two attached hydrogens (primary N) is 1. The maximum atomic E-state index is 12.2. The van der Waals surface area contributed by atoms with Gasteiger partial charge in [0.05, 0.1) is 11.4 Å². The third-order valence-electron chi connectivity index (χ3n) is 3.77. The zero-order chi connectivity index (χ0) is 17.8. The lowest BCUT2D eigenvalue weighted by Crippen LogP contribution is -2.30. The monoisotopic (exact) mass is 319 g/mol. The third kappa shape index (κ3) is 5.93. The summed E-state index contributed by atoms with van der Waals surface area (Å²) >= 11 is 0. The van der Waals surface area contributed by atoms with Crippen molar-refractivity contribution in [2.24, 2.45) is 10.8 Å². The second-order valence-corrected chi connectivity index (χ2v) is 7.78. The summed E-state index contributed by atoms with van der Waals surface area (Å²) < 4.78 is 0.